The van der Waals surface area contributed by atoms with Crippen LogP contribution in [0.5, 0.6) is 0 Å². The second kappa shape index (κ2) is 6.91. The molecule has 3 atom stereocenters. The van der Waals surface area contributed by atoms with Gasteiger partial charge in [-0.25, -0.2) is 0 Å². The zero-order chi connectivity index (χ0) is 14.7. The molecule has 0 bridgehead atoms. The van der Waals surface area contributed by atoms with Crippen LogP contribution in [0, 0.1) is 5.92 Å². The third-order valence-electron chi connectivity index (χ3n) is 4.99. The predicted molar refractivity (Wildman–Crippen MR) is 86.5 cm³/mol. The van der Waals surface area contributed by atoms with Gasteiger partial charge in [0.25, 0.3) is 0 Å². The quantitative estimate of drug-likeness (QED) is 0.920. The molecule has 3 rings (SSSR count). The molecule has 2 aliphatic rings. The highest BCUT2D eigenvalue weighted by Gasteiger charge is 2.35. The van der Waals surface area contributed by atoms with Gasteiger partial charge in [-0.3, -0.25) is 4.90 Å². The third-order valence-corrected chi connectivity index (χ3v) is 4.99. The van der Waals surface area contributed by atoms with Gasteiger partial charge in [0.1, 0.15) is 0 Å². The largest absolute Gasteiger partial charge is 0.380 e. The lowest BCUT2D eigenvalue weighted by molar-refractivity contribution is 0.0600. The Bertz CT molecular complexity index is 428. The fourth-order valence-electron chi connectivity index (χ4n) is 3.60. The van der Waals surface area contributed by atoms with Crippen LogP contribution < -0.4 is 5.32 Å². The number of nitrogens with zero attached hydrogens (tertiary/aromatic N) is 1. The Hall–Kier alpha value is -0.900. The predicted octanol–water partition coefficient (Wildman–Crippen LogP) is 2.32. The van der Waals surface area contributed by atoms with Gasteiger partial charge >= 0.3 is 0 Å². The Morgan fingerprint density at radius 3 is 2.76 bits per heavy atom. The van der Waals surface area contributed by atoms with Crippen LogP contribution in [0.2, 0.25) is 0 Å². The molecule has 2 aliphatic heterocycles. The maximum Gasteiger partial charge on any atom is 0.0622 e. The molecule has 0 aromatic heterocycles. The van der Waals surface area contributed by atoms with Crippen molar-refractivity contribution in [2.45, 2.75) is 44.8 Å². The SMILES string of the molecule is CC(C)C1CN(C2CCOC2)C(Cc2ccccc2)CN1. The van der Waals surface area contributed by atoms with Crippen LogP contribution in [-0.4, -0.2) is 49.3 Å². The van der Waals surface area contributed by atoms with E-state index >= 15 is 0 Å². The first-order valence-corrected chi connectivity index (χ1v) is 8.35. The average molecular weight is 288 g/mol. The van der Waals surface area contributed by atoms with Crippen molar-refractivity contribution >= 4 is 0 Å². The van der Waals surface area contributed by atoms with E-state index in [2.05, 4.69) is 54.4 Å². The molecule has 116 valence electrons. The van der Waals surface area contributed by atoms with Crippen LogP contribution in [0.1, 0.15) is 25.8 Å². The number of nitrogens with one attached hydrogen (secondary N) is 1. The zero-order valence-electron chi connectivity index (χ0n) is 13.3. The van der Waals surface area contributed by atoms with Crippen molar-refractivity contribution in [2.75, 3.05) is 26.3 Å². The van der Waals surface area contributed by atoms with E-state index in [0.717, 1.165) is 32.7 Å². The van der Waals surface area contributed by atoms with Gasteiger partial charge in [-0.1, -0.05) is 44.2 Å². The van der Waals surface area contributed by atoms with Gasteiger partial charge in [-0.05, 0) is 24.3 Å². The van der Waals surface area contributed by atoms with E-state index in [1.165, 1.54) is 12.0 Å². The van der Waals surface area contributed by atoms with Crippen LogP contribution in [0.4, 0.5) is 0 Å². The van der Waals surface area contributed by atoms with E-state index in [9.17, 15) is 0 Å². The molecule has 3 nitrogen and oxygen atoms in total. The van der Waals surface area contributed by atoms with Crippen molar-refractivity contribution in [3.8, 4) is 0 Å². The standard InChI is InChI=1S/C18H28N2O/c1-14(2)18-12-20(16-8-9-21-13-16)17(11-19-18)10-15-6-4-3-5-7-15/h3-7,14,16-19H,8-13H2,1-2H3. The number of piperazine rings is 1. The Kier molecular flexibility index (Phi) is 4.94. The molecule has 1 aromatic rings. The summed E-state index contributed by atoms with van der Waals surface area (Å²) in [5.41, 5.74) is 1.44. The summed E-state index contributed by atoms with van der Waals surface area (Å²) in [4.78, 5) is 2.72. The second-order valence-corrected chi connectivity index (χ2v) is 6.82. The summed E-state index contributed by atoms with van der Waals surface area (Å²) in [7, 11) is 0. The van der Waals surface area contributed by atoms with Crippen molar-refractivity contribution in [1.82, 2.24) is 10.2 Å². The molecule has 21 heavy (non-hydrogen) atoms. The number of ether oxygens (including phenoxy) is 1. The van der Waals surface area contributed by atoms with Gasteiger partial charge in [0, 0.05) is 37.8 Å². The van der Waals surface area contributed by atoms with Crippen LogP contribution in [0.3, 0.4) is 0 Å². The maximum absolute atomic E-state index is 5.64. The first-order valence-electron chi connectivity index (χ1n) is 8.35. The number of benzene rings is 1. The monoisotopic (exact) mass is 288 g/mol. The van der Waals surface area contributed by atoms with Gasteiger partial charge < -0.3 is 10.1 Å². The minimum absolute atomic E-state index is 0.592. The first-order chi connectivity index (χ1) is 10.2. The molecule has 2 saturated heterocycles. The summed E-state index contributed by atoms with van der Waals surface area (Å²) in [6.45, 7) is 8.73. The molecule has 0 radical (unpaired) electrons. The van der Waals surface area contributed by atoms with E-state index in [0.29, 0.717) is 24.0 Å². The minimum atomic E-state index is 0.592. The molecule has 3 heteroatoms. The maximum atomic E-state index is 5.64. The van der Waals surface area contributed by atoms with Gasteiger partial charge in [-0.15, -0.1) is 0 Å². The van der Waals surface area contributed by atoms with Crippen LogP contribution >= 0.6 is 0 Å². The van der Waals surface area contributed by atoms with Crippen molar-refractivity contribution < 1.29 is 4.74 Å². The van der Waals surface area contributed by atoms with Crippen LogP contribution in [-0.2, 0) is 11.2 Å². The number of rotatable bonds is 4. The van der Waals surface area contributed by atoms with E-state index < -0.39 is 0 Å². The summed E-state index contributed by atoms with van der Waals surface area (Å²) in [5.74, 6) is 0.687. The third kappa shape index (κ3) is 3.65. The molecule has 1 aromatic carbocycles. The highest BCUT2D eigenvalue weighted by Crippen LogP contribution is 2.23. The number of hydrogen-bond donors (Lipinski definition) is 1. The molecular weight excluding hydrogens is 260 g/mol. The highest BCUT2D eigenvalue weighted by atomic mass is 16.5. The molecule has 0 spiro atoms. The Morgan fingerprint density at radius 2 is 2.10 bits per heavy atom. The topological polar surface area (TPSA) is 24.5 Å². The lowest BCUT2D eigenvalue weighted by atomic mass is 9.94. The van der Waals surface area contributed by atoms with Crippen LogP contribution in [0.25, 0.3) is 0 Å². The van der Waals surface area contributed by atoms with Gasteiger partial charge in [0.05, 0.1) is 6.61 Å². The van der Waals surface area contributed by atoms with Gasteiger partial charge in [-0.2, -0.15) is 0 Å². The fourth-order valence-corrected chi connectivity index (χ4v) is 3.60. The van der Waals surface area contributed by atoms with E-state index in [1.807, 2.05) is 0 Å². The molecule has 0 aliphatic carbocycles. The summed E-state index contributed by atoms with van der Waals surface area (Å²) in [6, 6.07) is 12.7. The summed E-state index contributed by atoms with van der Waals surface area (Å²) < 4.78 is 5.64. The van der Waals surface area contributed by atoms with Gasteiger partial charge in [0.2, 0.25) is 0 Å². The number of hydrogen-bond acceptors (Lipinski definition) is 3. The van der Waals surface area contributed by atoms with Crippen molar-refractivity contribution in [3.63, 3.8) is 0 Å². The zero-order valence-corrected chi connectivity index (χ0v) is 13.3. The lowest BCUT2D eigenvalue weighted by Gasteiger charge is -2.44. The molecule has 2 fully saturated rings. The normalized spacial score (nSPS) is 30.9. The van der Waals surface area contributed by atoms with Crippen molar-refractivity contribution in [2.24, 2.45) is 5.92 Å². The Balaban J connectivity index is 1.71. The second-order valence-electron chi connectivity index (χ2n) is 6.82. The Morgan fingerprint density at radius 1 is 1.29 bits per heavy atom. The Labute approximate surface area is 128 Å². The molecule has 1 N–H and O–H groups in total. The van der Waals surface area contributed by atoms with E-state index in [4.69, 9.17) is 4.74 Å². The minimum Gasteiger partial charge on any atom is -0.380 e. The summed E-state index contributed by atoms with van der Waals surface area (Å²) >= 11 is 0. The average Bonchev–Trinajstić information content (AvgIpc) is 3.02. The molecule has 0 saturated carbocycles. The smallest absolute Gasteiger partial charge is 0.0622 e. The van der Waals surface area contributed by atoms with Crippen LogP contribution in [0.15, 0.2) is 30.3 Å². The molecule has 0 amide bonds. The molecule has 3 unspecified atom stereocenters. The van der Waals surface area contributed by atoms with Crippen molar-refractivity contribution in [3.05, 3.63) is 35.9 Å². The first kappa shape index (κ1) is 15.0. The molecular formula is C18H28N2O. The van der Waals surface area contributed by atoms with Crippen molar-refractivity contribution in [1.29, 1.82) is 0 Å². The fraction of sp³-hybridized carbons (Fsp3) is 0.667. The summed E-state index contributed by atoms with van der Waals surface area (Å²) in [6.07, 6.45) is 2.32. The van der Waals surface area contributed by atoms with E-state index in [1.54, 1.807) is 0 Å². The lowest BCUT2D eigenvalue weighted by Crippen LogP contribution is -2.61. The highest BCUT2D eigenvalue weighted by molar-refractivity contribution is 5.16. The van der Waals surface area contributed by atoms with E-state index in [-0.39, 0.29) is 0 Å². The van der Waals surface area contributed by atoms with Gasteiger partial charge in [0.15, 0.2) is 0 Å². The summed E-state index contributed by atoms with van der Waals surface area (Å²) in [5, 5.41) is 3.76. The molecule has 2 heterocycles.